The van der Waals surface area contributed by atoms with E-state index in [4.69, 9.17) is 4.74 Å². The minimum absolute atomic E-state index is 0.0314. The number of hydrogen-bond acceptors (Lipinski definition) is 10. The van der Waals surface area contributed by atoms with Crippen LogP contribution in [0.1, 0.15) is 32.3 Å². The Balaban J connectivity index is 1.22. The Kier molecular flexibility index (Phi) is 6.60. The molecular weight excluding hydrogens is 505 g/mol. The second kappa shape index (κ2) is 9.69. The lowest BCUT2D eigenvalue weighted by Crippen LogP contribution is -2.39. The molecule has 0 radical (unpaired) electrons. The fourth-order valence-corrected chi connectivity index (χ4v) is 5.57. The Labute approximate surface area is 212 Å². The molecule has 1 fully saturated rings. The van der Waals surface area contributed by atoms with Gasteiger partial charge >= 0.3 is 0 Å². The molecule has 1 aliphatic rings. The second-order valence-electron chi connectivity index (χ2n) is 8.87. The predicted molar refractivity (Wildman–Crippen MR) is 134 cm³/mol. The maximum absolute atomic E-state index is 14.5. The van der Waals surface area contributed by atoms with Crippen LogP contribution in [0.3, 0.4) is 0 Å². The number of anilines is 1. The normalized spacial score (nSPS) is 15.9. The van der Waals surface area contributed by atoms with Gasteiger partial charge in [0.25, 0.3) is 5.19 Å². The quantitative estimate of drug-likeness (QED) is 0.331. The van der Waals surface area contributed by atoms with Gasteiger partial charge in [-0.1, -0.05) is 6.92 Å². The summed E-state index contributed by atoms with van der Waals surface area (Å²) in [6, 6.07) is 2.63. The Hall–Kier alpha value is -3.19. The van der Waals surface area contributed by atoms with E-state index < -0.39 is 15.8 Å². The van der Waals surface area contributed by atoms with E-state index in [1.807, 2.05) is 19.3 Å². The predicted octanol–water partition coefficient (Wildman–Crippen LogP) is 3.43. The number of imidazole rings is 1. The molecule has 0 spiro atoms. The number of rotatable bonds is 7. The third kappa shape index (κ3) is 5.03. The highest BCUT2D eigenvalue weighted by atomic mass is 32.2. The van der Waals surface area contributed by atoms with Crippen LogP contribution in [0.25, 0.3) is 16.2 Å². The van der Waals surface area contributed by atoms with Crippen molar-refractivity contribution in [3.05, 3.63) is 42.2 Å². The fourth-order valence-electron chi connectivity index (χ4n) is 4.19. The van der Waals surface area contributed by atoms with Gasteiger partial charge in [0.05, 0.1) is 17.5 Å². The lowest BCUT2D eigenvalue weighted by molar-refractivity contribution is 0.131. The third-order valence-corrected chi connectivity index (χ3v) is 8.18. The standard InChI is InChI=1S/C23H26FN7O3S2/c1-4-15-11-25-21(26-12-15)30-9-7-16(8-10-30)14(2)34-23-29-31-13-18(27-22(31)35-23)17-5-6-19(28-20(17)24)36(3,32)33/h5-6,11-14,16H,4,7-10H2,1-3H3/t14-/m0/s1. The lowest BCUT2D eigenvalue weighted by Gasteiger charge is -2.34. The zero-order chi connectivity index (χ0) is 25.4. The van der Waals surface area contributed by atoms with Crippen molar-refractivity contribution in [3.8, 4) is 16.5 Å². The van der Waals surface area contributed by atoms with Crippen molar-refractivity contribution < 1.29 is 17.5 Å². The number of nitrogens with zero attached hydrogens (tertiary/aromatic N) is 7. The highest BCUT2D eigenvalue weighted by molar-refractivity contribution is 7.90. The molecule has 0 amide bonds. The molecule has 36 heavy (non-hydrogen) atoms. The molecule has 0 aliphatic carbocycles. The highest BCUT2D eigenvalue weighted by Crippen LogP contribution is 2.30. The summed E-state index contributed by atoms with van der Waals surface area (Å²) in [5, 5.41) is 4.61. The van der Waals surface area contributed by atoms with Gasteiger partial charge in [-0.3, -0.25) is 0 Å². The maximum Gasteiger partial charge on any atom is 0.294 e. The average Bonchev–Trinajstić information content (AvgIpc) is 3.42. The minimum atomic E-state index is -3.60. The van der Waals surface area contributed by atoms with Gasteiger partial charge in [-0.05, 0) is 61.1 Å². The number of aromatic nitrogens is 6. The van der Waals surface area contributed by atoms with Crippen molar-refractivity contribution in [2.24, 2.45) is 5.92 Å². The summed E-state index contributed by atoms with van der Waals surface area (Å²) < 4.78 is 45.3. The first kappa shape index (κ1) is 24.5. The Bertz CT molecular complexity index is 1450. The van der Waals surface area contributed by atoms with E-state index in [2.05, 4.69) is 36.9 Å². The smallest absolute Gasteiger partial charge is 0.294 e. The molecule has 5 rings (SSSR count). The first-order valence-corrected chi connectivity index (χ1v) is 14.4. The van der Waals surface area contributed by atoms with Gasteiger partial charge in [0.15, 0.2) is 14.9 Å². The Morgan fingerprint density at radius 2 is 1.92 bits per heavy atom. The van der Waals surface area contributed by atoms with Gasteiger partial charge in [-0.15, -0.1) is 5.10 Å². The van der Waals surface area contributed by atoms with E-state index >= 15 is 0 Å². The van der Waals surface area contributed by atoms with Crippen LogP contribution in [0.2, 0.25) is 0 Å². The van der Waals surface area contributed by atoms with Crippen LogP contribution in [-0.4, -0.2) is 63.4 Å². The number of hydrogen-bond donors (Lipinski definition) is 0. The second-order valence-corrected chi connectivity index (χ2v) is 11.8. The van der Waals surface area contributed by atoms with E-state index in [1.165, 1.54) is 28.0 Å². The molecule has 1 atom stereocenters. The summed E-state index contributed by atoms with van der Waals surface area (Å²) in [7, 11) is -3.60. The SMILES string of the molecule is CCc1cnc(N2CCC([C@H](C)Oc3nn4cc(-c5ccc(S(C)(=O)=O)nc5F)nc4s3)CC2)nc1. The molecule has 4 aromatic heterocycles. The van der Waals surface area contributed by atoms with Gasteiger partial charge in [0, 0.05) is 31.7 Å². The molecule has 0 bridgehead atoms. The van der Waals surface area contributed by atoms with Crippen molar-refractivity contribution >= 4 is 32.1 Å². The number of sulfone groups is 1. The van der Waals surface area contributed by atoms with Crippen LogP contribution in [0.5, 0.6) is 5.19 Å². The summed E-state index contributed by atoms with van der Waals surface area (Å²) in [4.78, 5) is 19.7. The molecule has 13 heteroatoms. The number of aryl methyl sites for hydroxylation is 1. The summed E-state index contributed by atoms with van der Waals surface area (Å²) in [5.41, 5.74) is 1.56. The van der Waals surface area contributed by atoms with Gasteiger partial charge < -0.3 is 9.64 Å². The minimum Gasteiger partial charge on any atom is -0.466 e. The van der Waals surface area contributed by atoms with Crippen molar-refractivity contribution in [3.63, 3.8) is 0 Å². The van der Waals surface area contributed by atoms with Crippen LogP contribution < -0.4 is 9.64 Å². The Morgan fingerprint density at radius 1 is 1.19 bits per heavy atom. The van der Waals surface area contributed by atoms with Crippen LogP contribution in [0.4, 0.5) is 10.3 Å². The number of piperidine rings is 1. The molecule has 190 valence electrons. The number of ether oxygens (including phenoxy) is 1. The van der Waals surface area contributed by atoms with Crippen molar-refractivity contribution in [1.29, 1.82) is 0 Å². The van der Waals surface area contributed by atoms with Gasteiger partial charge in [0.1, 0.15) is 6.10 Å². The molecule has 0 N–H and O–H groups in total. The molecule has 0 saturated carbocycles. The first-order chi connectivity index (χ1) is 17.2. The maximum atomic E-state index is 14.5. The van der Waals surface area contributed by atoms with E-state index in [-0.39, 0.29) is 16.7 Å². The molecule has 0 unspecified atom stereocenters. The van der Waals surface area contributed by atoms with Crippen LogP contribution in [-0.2, 0) is 16.3 Å². The van der Waals surface area contributed by atoms with E-state index in [1.54, 1.807) is 6.20 Å². The summed E-state index contributed by atoms with van der Waals surface area (Å²) >= 11 is 1.27. The summed E-state index contributed by atoms with van der Waals surface area (Å²) in [6.45, 7) is 5.87. The van der Waals surface area contributed by atoms with Crippen LogP contribution in [0.15, 0.2) is 35.7 Å². The van der Waals surface area contributed by atoms with E-state index in [0.29, 0.717) is 21.8 Å². The van der Waals surface area contributed by atoms with Crippen LogP contribution >= 0.6 is 11.3 Å². The zero-order valence-corrected chi connectivity index (χ0v) is 21.8. The Morgan fingerprint density at radius 3 is 2.53 bits per heavy atom. The largest absolute Gasteiger partial charge is 0.466 e. The van der Waals surface area contributed by atoms with Crippen molar-refractivity contribution in [2.45, 2.75) is 44.2 Å². The number of halogens is 1. The van der Waals surface area contributed by atoms with E-state index in [0.717, 1.165) is 50.1 Å². The van der Waals surface area contributed by atoms with E-state index in [9.17, 15) is 12.8 Å². The molecule has 5 heterocycles. The summed E-state index contributed by atoms with van der Waals surface area (Å²) in [5.74, 6) is 0.247. The topological polar surface area (TPSA) is 115 Å². The van der Waals surface area contributed by atoms with Crippen molar-refractivity contribution in [1.82, 2.24) is 29.5 Å². The van der Waals surface area contributed by atoms with Gasteiger partial charge in [-0.25, -0.2) is 32.9 Å². The lowest BCUT2D eigenvalue weighted by atomic mass is 9.92. The number of pyridine rings is 1. The molecule has 1 aliphatic heterocycles. The fraction of sp³-hybridized carbons (Fsp3) is 0.435. The average molecular weight is 532 g/mol. The zero-order valence-electron chi connectivity index (χ0n) is 20.1. The molecule has 10 nitrogen and oxygen atoms in total. The molecule has 1 saturated heterocycles. The van der Waals surface area contributed by atoms with Gasteiger partial charge in [0.2, 0.25) is 16.9 Å². The highest BCUT2D eigenvalue weighted by Gasteiger charge is 2.27. The molecular formula is C23H26FN7O3S2. The third-order valence-electron chi connectivity index (χ3n) is 6.38. The molecule has 0 aromatic carbocycles. The first-order valence-electron chi connectivity index (χ1n) is 11.7. The summed E-state index contributed by atoms with van der Waals surface area (Å²) in [6.07, 6.45) is 9.15. The number of fused-ring (bicyclic) bond motifs is 1. The molecule has 4 aromatic rings. The monoisotopic (exact) mass is 531 g/mol. The van der Waals surface area contributed by atoms with Crippen LogP contribution in [0, 0.1) is 11.9 Å². The van der Waals surface area contributed by atoms with Gasteiger partial charge in [-0.2, -0.15) is 4.39 Å². The van der Waals surface area contributed by atoms with Crippen molar-refractivity contribution in [2.75, 3.05) is 24.2 Å².